The summed E-state index contributed by atoms with van der Waals surface area (Å²) in [5, 5.41) is 0. The highest BCUT2D eigenvalue weighted by molar-refractivity contribution is 5.52. The molecule has 0 spiro atoms. The Bertz CT molecular complexity index is 558. The Balaban J connectivity index is 2.12. The van der Waals surface area contributed by atoms with E-state index in [1.807, 2.05) is 24.3 Å². The van der Waals surface area contributed by atoms with Crippen molar-refractivity contribution >= 4 is 5.82 Å². The monoisotopic (exact) mass is 275 g/mol. The molecule has 0 unspecified atom stereocenters. The molecule has 0 aliphatic rings. The van der Waals surface area contributed by atoms with Gasteiger partial charge < -0.3 is 19.9 Å². The smallest absolute Gasteiger partial charge is 0.268 e. The number of nitrogens with zero attached hydrogens (tertiary/aromatic N) is 2. The highest BCUT2D eigenvalue weighted by Gasteiger charge is 2.11. The highest BCUT2D eigenvalue weighted by atomic mass is 16.5. The van der Waals surface area contributed by atoms with Crippen LogP contribution in [0.25, 0.3) is 0 Å². The van der Waals surface area contributed by atoms with Gasteiger partial charge in [-0.15, -0.1) is 0 Å². The Hall–Kier alpha value is -2.34. The molecule has 0 saturated heterocycles. The van der Waals surface area contributed by atoms with E-state index in [0.717, 1.165) is 6.42 Å². The molecule has 0 atom stereocenters. The van der Waals surface area contributed by atoms with Gasteiger partial charge in [0, 0.05) is 7.11 Å². The molecule has 1 aromatic heterocycles. The van der Waals surface area contributed by atoms with Crippen LogP contribution in [-0.4, -0.2) is 30.8 Å². The number of benzene rings is 1. The van der Waals surface area contributed by atoms with Gasteiger partial charge in [-0.2, -0.15) is 4.98 Å². The van der Waals surface area contributed by atoms with Crippen LogP contribution >= 0.6 is 0 Å². The summed E-state index contributed by atoms with van der Waals surface area (Å²) in [5.41, 5.74) is 6.87. The van der Waals surface area contributed by atoms with Gasteiger partial charge in [0.1, 0.15) is 12.1 Å². The quantitative estimate of drug-likeness (QED) is 0.869. The van der Waals surface area contributed by atoms with Crippen LogP contribution in [0.5, 0.6) is 17.4 Å². The second-order valence-electron chi connectivity index (χ2n) is 4.09. The summed E-state index contributed by atoms with van der Waals surface area (Å²) in [7, 11) is 3.18. The van der Waals surface area contributed by atoms with Crippen LogP contribution in [0.4, 0.5) is 5.82 Å². The van der Waals surface area contributed by atoms with Crippen molar-refractivity contribution in [2.75, 3.05) is 26.6 Å². The minimum absolute atomic E-state index is 0.245. The number of aromatic nitrogens is 2. The number of rotatable bonds is 6. The van der Waals surface area contributed by atoms with E-state index in [9.17, 15) is 0 Å². The van der Waals surface area contributed by atoms with E-state index < -0.39 is 0 Å². The Kier molecular flexibility index (Phi) is 4.73. The van der Waals surface area contributed by atoms with Gasteiger partial charge in [0.15, 0.2) is 5.82 Å². The van der Waals surface area contributed by atoms with Crippen LogP contribution in [0.3, 0.4) is 0 Å². The van der Waals surface area contributed by atoms with Crippen molar-refractivity contribution in [2.45, 2.75) is 6.42 Å². The van der Waals surface area contributed by atoms with Gasteiger partial charge in [-0.1, -0.05) is 12.1 Å². The Morgan fingerprint density at radius 3 is 2.50 bits per heavy atom. The average molecular weight is 275 g/mol. The minimum atomic E-state index is 0.245. The summed E-state index contributed by atoms with van der Waals surface area (Å²) >= 11 is 0. The third-order valence-corrected chi connectivity index (χ3v) is 2.74. The molecule has 2 N–H and O–H groups in total. The second-order valence-corrected chi connectivity index (χ2v) is 4.09. The number of anilines is 1. The fourth-order valence-corrected chi connectivity index (χ4v) is 1.69. The molecule has 2 aromatic rings. The molecule has 20 heavy (non-hydrogen) atoms. The maximum atomic E-state index is 5.69. The van der Waals surface area contributed by atoms with Crippen molar-refractivity contribution in [3.63, 3.8) is 0 Å². The van der Waals surface area contributed by atoms with Crippen LogP contribution in [0, 0.1) is 0 Å². The first-order valence-electron chi connectivity index (χ1n) is 6.14. The molecule has 0 bridgehead atoms. The molecule has 6 nitrogen and oxygen atoms in total. The van der Waals surface area contributed by atoms with Crippen molar-refractivity contribution in [1.82, 2.24) is 9.97 Å². The molecule has 0 fully saturated rings. The molecule has 1 heterocycles. The molecule has 106 valence electrons. The van der Waals surface area contributed by atoms with E-state index in [4.69, 9.17) is 19.9 Å². The fraction of sp³-hybridized carbons (Fsp3) is 0.286. The number of methoxy groups -OCH3 is 2. The van der Waals surface area contributed by atoms with E-state index >= 15 is 0 Å². The van der Waals surface area contributed by atoms with Crippen molar-refractivity contribution in [3.05, 3.63) is 36.2 Å². The third-order valence-electron chi connectivity index (χ3n) is 2.74. The highest BCUT2D eigenvalue weighted by Crippen LogP contribution is 2.32. The standard InChI is InChI=1S/C14H17N3O3/c1-18-8-7-10-3-5-11(6-4-10)20-14-12(19-2)13(15)16-9-17-14/h3-6,9H,7-8H2,1-2H3,(H2,15,16,17). The van der Waals surface area contributed by atoms with Crippen molar-refractivity contribution in [1.29, 1.82) is 0 Å². The van der Waals surface area contributed by atoms with Gasteiger partial charge in [-0.25, -0.2) is 4.98 Å². The zero-order chi connectivity index (χ0) is 14.4. The summed E-state index contributed by atoms with van der Waals surface area (Å²) in [6.07, 6.45) is 2.20. The van der Waals surface area contributed by atoms with Crippen molar-refractivity contribution in [2.24, 2.45) is 0 Å². The first-order chi connectivity index (χ1) is 9.74. The Morgan fingerprint density at radius 1 is 1.10 bits per heavy atom. The third kappa shape index (κ3) is 3.36. The molecule has 0 radical (unpaired) electrons. The van der Waals surface area contributed by atoms with Crippen molar-refractivity contribution in [3.8, 4) is 17.4 Å². The van der Waals surface area contributed by atoms with Gasteiger partial charge in [-0.05, 0) is 24.1 Å². The SMILES string of the molecule is COCCc1ccc(Oc2ncnc(N)c2OC)cc1. The summed E-state index contributed by atoms with van der Waals surface area (Å²) < 4.78 is 15.8. The molecule has 1 aromatic carbocycles. The van der Waals surface area contributed by atoms with Crippen LogP contribution in [0.2, 0.25) is 0 Å². The lowest BCUT2D eigenvalue weighted by atomic mass is 10.1. The summed E-state index contributed by atoms with van der Waals surface area (Å²) in [4.78, 5) is 7.87. The Morgan fingerprint density at radius 2 is 1.85 bits per heavy atom. The first kappa shape index (κ1) is 14.1. The largest absolute Gasteiger partial charge is 0.489 e. The molecular formula is C14H17N3O3. The maximum Gasteiger partial charge on any atom is 0.268 e. The zero-order valence-electron chi connectivity index (χ0n) is 11.5. The number of hydrogen-bond donors (Lipinski definition) is 1. The number of hydrogen-bond acceptors (Lipinski definition) is 6. The van der Waals surface area contributed by atoms with Gasteiger partial charge in [0.05, 0.1) is 13.7 Å². The topological polar surface area (TPSA) is 79.5 Å². The van der Waals surface area contributed by atoms with Crippen LogP contribution in [0.15, 0.2) is 30.6 Å². The van der Waals surface area contributed by atoms with Crippen LogP contribution < -0.4 is 15.2 Å². The zero-order valence-corrected chi connectivity index (χ0v) is 11.5. The molecule has 0 saturated carbocycles. The first-order valence-corrected chi connectivity index (χ1v) is 6.14. The van der Waals surface area contributed by atoms with Crippen molar-refractivity contribution < 1.29 is 14.2 Å². The maximum absolute atomic E-state index is 5.69. The van der Waals surface area contributed by atoms with E-state index in [0.29, 0.717) is 24.0 Å². The van der Waals surface area contributed by atoms with Gasteiger partial charge >= 0.3 is 0 Å². The van der Waals surface area contributed by atoms with E-state index in [1.165, 1.54) is 19.0 Å². The predicted molar refractivity (Wildman–Crippen MR) is 75.1 cm³/mol. The summed E-state index contributed by atoms with van der Waals surface area (Å²) in [5.74, 6) is 1.53. The lowest BCUT2D eigenvalue weighted by Crippen LogP contribution is -2.00. The van der Waals surface area contributed by atoms with E-state index in [1.54, 1.807) is 7.11 Å². The average Bonchev–Trinajstić information content (AvgIpc) is 2.47. The molecule has 0 aliphatic heterocycles. The van der Waals surface area contributed by atoms with Gasteiger partial charge in [0.2, 0.25) is 5.75 Å². The summed E-state index contributed by atoms with van der Waals surface area (Å²) in [6, 6.07) is 7.68. The predicted octanol–water partition coefficient (Wildman–Crippen LogP) is 2.05. The molecule has 0 aliphatic carbocycles. The molecule has 2 rings (SSSR count). The fourth-order valence-electron chi connectivity index (χ4n) is 1.69. The number of ether oxygens (including phenoxy) is 3. The second kappa shape index (κ2) is 6.72. The lowest BCUT2D eigenvalue weighted by Gasteiger charge is -2.10. The van der Waals surface area contributed by atoms with Gasteiger partial charge in [-0.3, -0.25) is 0 Å². The number of nitrogen functional groups attached to an aromatic ring is 1. The van der Waals surface area contributed by atoms with Crippen LogP contribution in [-0.2, 0) is 11.2 Å². The normalized spacial score (nSPS) is 10.3. The summed E-state index contributed by atoms with van der Waals surface area (Å²) in [6.45, 7) is 0.691. The van der Waals surface area contributed by atoms with E-state index in [-0.39, 0.29) is 5.82 Å². The Labute approximate surface area is 117 Å². The van der Waals surface area contributed by atoms with Gasteiger partial charge in [0.25, 0.3) is 5.88 Å². The minimum Gasteiger partial charge on any atom is -0.489 e. The van der Waals surface area contributed by atoms with Crippen LogP contribution in [0.1, 0.15) is 5.56 Å². The molecule has 6 heteroatoms. The molecule has 0 amide bonds. The molecular weight excluding hydrogens is 258 g/mol. The number of nitrogens with two attached hydrogens (primary N) is 1. The van der Waals surface area contributed by atoms with E-state index in [2.05, 4.69) is 9.97 Å². The lowest BCUT2D eigenvalue weighted by molar-refractivity contribution is 0.202.